The van der Waals surface area contributed by atoms with E-state index in [1.165, 1.54) is 17.4 Å². The summed E-state index contributed by atoms with van der Waals surface area (Å²) in [6.07, 6.45) is 5.28. The van der Waals surface area contributed by atoms with Crippen molar-refractivity contribution in [2.24, 2.45) is 0 Å². The molecular formula is C27H29NO4S. The standard InChI is InChI=1S/C27H29NO4S/c1-4-6-17-32-22-14-9-20(10-15-22)11-16-24(29)28-26-25(27(30)31-5-2)23(18-33-26)21-12-7-19(3)8-13-21/h7-16,18H,4-6,17H2,1-3H3,(H,28,29)/b16-11+. The monoisotopic (exact) mass is 463 g/mol. The molecule has 0 radical (unpaired) electrons. The average Bonchev–Trinajstić information content (AvgIpc) is 3.23. The minimum absolute atomic E-state index is 0.257. The molecule has 0 saturated heterocycles. The van der Waals surface area contributed by atoms with E-state index in [1.807, 2.05) is 60.8 Å². The van der Waals surface area contributed by atoms with E-state index in [0.29, 0.717) is 17.2 Å². The third kappa shape index (κ3) is 6.80. The topological polar surface area (TPSA) is 64.6 Å². The molecule has 6 heteroatoms. The zero-order valence-corrected chi connectivity index (χ0v) is 20.0. The molecule has 0 aliphatic heterocycles. The third-order valence-electron chi connectivity index (χ3n) is 4.94. The quantitative estimate of drug-likeness (QED) is 0.206. The van der Waals surface area contributed by atoms with Crippen LogP contribution in [0.5, 0.6) is 5.75 Å². The molecule has 172 valence electrons. The summed E-state index contributed by atoms with van der Waals surface area (Å²) in [4.78, 5) is 25.3. The number of rotatable bonds is 10. The lowest BCUT2D eigenvalue weighted by molar-refractivity contribution is -0.111. The van der Waals surface area contributed by atoms with Gasteiger partial charge in [-0.2, -0.15) is 0 Å². The molecule has 0 fully saturated rings. The van der Waals surface area contributed by atoms with Crippen LogP contribution in [0.15, 0.2) is 60.0 Å². The van der Waals surface area contributed by atoms with Crippen molar-refractivity contribution in [3.63, 3.8) is 0 Å². The number of amides is 1. The van der Waals surface area contributed by atoms with E-state index in [9.17, 15) is 9.59 Å². The zero-order valence-electron chi connectivity index (χ0n) is 19.2. The van der Waals surface area contributed by atoms with Crippen LogP contribution in [0.1, 0.15) is 48.2 Å². The number of anilines is 1. The molecule has 2 aromatic carbocycles. The number of aryl methyl sites for hydroxylation is 1. The summed E-state index contributed by atoms with van der Waals surface area (Å²) in [5, 5.41) is 5.17. The molecule has 0 spiro atoms. The highest BCUT2D eigenvalue weighted by atomic mass is 32.1. The number of esters is 1. The second-order valence-corrected chi connectivity index (χ2v) is 8.41. The molecular weight excluding hydrogens is 434 g/mol. The second kappa shape index (κ2) is 12.0. The van der Waals surface area contributed by atoms with Crippen molar-refractivity contribution < 1.29 is 19.1 Å². The normalized spacial score (nSPS) is 10.9. The molecule has 0 aliphatic rings. The lowest BCUT2D eigenvalue weighted by Gasteiger charge is -2.08. The van der Waals surface area contributed by atoms with Gasteiger partial charge in [-0.05, 0) is 49.6 Å². The van der Waals surface area contributed by atoms with E-state index in [1.54, 1.807) is 13.0 Å². The number of benzene rings is 2. The van der Waals surface area contributed by atoms with E-state index in [0.717, 1.165) is 40.8 Å². The summed E-state index contributed by atoms with van der Waals surface area (Å²) in [7, 11) is 0. The first-order valence-corrected chi connectivity index (χ1v) is 12.0. The molecule has 1 N–H and O–H groups in total. The Morgan fingerprint density at radius 1 is 1.03 bits per heavy atom. The highest BCUT2D eigenvalue weighted by molar-refractivity contribution is 7.15. The molecule has 5 nitrogen and oxygen atoms in total. The van der Waals surface area contributed by atoms with Crippen molar-refractivity contribution in [2.75, 3.05) is 18.5 Å². The number of carbonyl (C=O) groups excluding carboxylic acids is 2. The van der Waals surface area contributed by atoms with Gasteiger partial charge in [0.05, 0.1) is 13.2 Å². The summed E-state index contributed by atoms with van der Waals surface area (Å²) in [6.45, 7) is 6.85. The highest BCUT2D eigenvalue weighted by Gasteiger charge is 2.22. The number of hydrogen-bond acceptors (Lipinski definition) is 5. The Kier molecular flexibility index (Phi) is 8.84. The maximum absolute atomic E-state index is 12.7. The molecule has 1 heterocycles. The van der Waals surface area contributed by atoms with Crippen molar-refractivity contribution >= 4 is 34.3 Å². The molecule has 0 atom stereocenters. The maximum Gasteiger partial charge on any atom is 0.341 e. The van der Waals surface area contributed by atoms with Crippen molar-refractivity contribution in [3.05, 3.63) is 76.7 Å². The number of carbonyl (C=O) groups is 2. The van der Waals surface area contributed by atoms with Crippen LogP contribution in [0.2, 0.25) is 0 Å². The number of nitrogens with one attached hydrogen (secondary N) is 1. The Hall–Kier alpha value is -3.38. The van der Waals surface area contributed by atoms with Crippen LogP contribution in [-0.4, -0.2) is 25.1 Å². The predicted octanol–water partition coefficient (Wildman–Crippen LogP) is 6.73. The van der Waals surface area contributed by atoms with Gasteiger partial charge in [-0.3, -0.25) is 4.79 Å². The Balaban J connectivity index is 1.73. The van der Waals surface area contributed by atoms with Crippen molar-refractivity contribution in [1.29, 1.82) is 0 Å². The number of unbranched alkanes of at least 4 members (excludes halogenated alkanes) is 1. The van der Waals surface area contributed by atoms with Gasteiger partial charge in [-0.15, -0.1) is 11.3 Å². The Labute approximate surface area is 199 Å². The van der Waals surface area contributed by atoms with Gasteiger partial charge < -0.3 is 14.8 Å². The van der Waals surface area contributed by atoms with Crippen LogP contribution in [0.25, 0.3) is 17.2 Å². The number of hydrogen-bond donors (Lipinski definition) is 1. The number of ether oxygens (including phenoxy) is 2. The van der Waals surface area contributed by atoms with Crippen molar-refractivity contribution in [1.82, 2.24) is 0 Å². The van der Waals surface area contributed by atoms with Gasteiger partial charge in [0.25, 0.3) is 0 Å². The fourth-order valence-electron chi connectivity index (χ4n) is 3.14. The molecule has 33 heavy (non-hydrogen) atoms. The first kappa shape index (κ1) is 24.3. The molecule has 3 rings (SSSR count). The van der Waals surface area contributed by atoms with Crippen LogP contribution in [0.4, 0.5) is 5.00 Å². The Bertz CT molecular complexity index is 1100. The van der Waals surface area contributed by atoms with Crippen LogP contribution in [-0.2, 0) is 9.53 Å². The summed E-state index contributed by atoms with van der Waals surface area (Å²) < 4.78 is 10.9. The smallest absolute Gasteiger partial charge is 0.341 e. The first-order valence-electron chi connectivity index (χ1n) is 11.1. The van der Waals surface area contributed by atoms with E-state index >= 15 is 0 Å². The molecule has 0 unspecified atom stereocenters. The van der Waals surface area contributed by atoms with Gasteiger partial charge in [0.15, 0.2) is 0 Å². The van der Waals surface area contributed by atoms with Crippen molar-refractivity contribution in [2.45, 2.75) is 33.6 Å². The minimum Gasteiger partial charge on any atom is -0.494 e. The minimum atomic E-state index is -0.452. The molecule has 0 aliphatic carbocycles. The van der Waals surface area contributed by atoms with Gasteiger partial charge in [0.1, 0.15) is 16.3 Å². The SMILES string of the molecule is CCCCOc1ccc(/C=C/C(=O)Nc2scc(-c3ccc(C)cc3)c2C(=O)OCC)cc1. The Morgan fingerprint density at radius 3 is 2.42 bits per heavy atom. The summed E-state index contributed by atoms with van der Waals surface area (Å²) >= 11 is 1.31. The van der Waals surface area contributed by atoms with Gasteiger partial charge in [0, 0.05) is 17.0 Å². The zero-order chi connectivity index (χ0) is 23.6. The largest absolute Gasteiger partial charge is 0.494 e. The predicted molar refractivity (Wildman–Crippen MR) is 135 cm³/mol. The molecule has 0 saturated carbocycles. The average molecular weight is 464 g/mol. The molecule has 1 aromatic heterocycles. The molecule has 0 bridgehead atoms. The highest BCUT2D eigenvalue weighted by Crippen LogP contribution is 2.36. The van der Waals surface area contributed by atoms with E-state index in [-0.39, 0.29) is 12.5 Å². The fraction of sp³-hybridized carbons (Fsp3) is 0.259. The van der Waals surface area contributed by atoms with Crippen LogP contribution in [0, 0.1) is 6.92 Å². The Morgan fingerprint density at radius 2 is 1.76 bits per heavy atom. The van der Waals surface area contributed by atoms with Gasteiger partial charge in [-0.1, -0.05) is 55.3 Å². The second-order valence-electron chi connectivity index (χ2n) is 7.53. The molecule has 1 amide bonds. The third-order valence-corrected chi connectivity index (χ3v) is 5.84. The van der Waals surface area contributed by atoms with Crippen LogP contribution < -0.4 is 10.1 Å². The van der Waals surface area contributed by atoms with Crippen LogP contribution in [0.3, 0.4) is 0 Å². The summed E-state index contributed by atoms with van der Waals surface area (Å²) in [5.41, 5.74) is 4.03. The van der Waals surface area contributed by atoms with Gasteiger partial charge in [-0.25, -0.2) is 4.79 Å². The van der Waals surface area contributed by atoms with Crippen LogP contribution >= 0.6 is 11.3 Å². The van der Waals surface area contributed by atoms with Gasteiger partial charge >= 0.3 is 5.97 Å². The fourth-order valence-corrected chi connectivity index (χ4v) is 4.10. The van der Waals surface area contributed by atoms with E-state index in [2.05, 4.69) is 12.2 Å². The summed E-state index contributed by atoms with van der Waals surface area (Å²) in [5.74, 6) is 0.0414. The van der Waals surface area contributed by atoms with Crippen molar-refractivity contribution in [3.8, 4) is 16.9 Å². The van der Waals surface area contributed by atoms with E-state index in [4.69, 9.17) is 9.47 Å². The molecule has 3 aromatic rings. The van der Waals surface area contributed by atoms with E-state index < -0.39 is 5.97 Å². The lowest BCUT2D eigenvalue weighted by Crippen LogP contribution is -2.12. The first-order chi connectivity index (χ1) is 16.0. The lowest BCUT2D eigenvalue weighted by atomic mass is 10.0. The number of thiophene rings is 1. The van der Waals surface area contributed by atoms with Gasteiger partial charge in [0.2, 0.25) is 5.91 Å². The maximum atomic E-state index is 12.7. The summed E-state index contributed by atoms with van der Waals surface area (Å²) in [6, 6.07) is 15.5.